The van der Waals surface area contributed by atoms with Crippen LogP contribution >= 0.6 is 0 Å². The van der Waals surface area contributed by atoms with Crippen LogP contribution in [0.25, 0.3) is 0 Å². The number of hydrogen-bond acceptors (Lipinski definition) is 5. The number of hydrogen-bond donors (Lipinski definition) is 0. The van der Waals surface area contributed by atoms with Gasteiger partial charge in [0.2, 0.25) is 15.8 Å². The van der Waals surface area contributed by atoms with Gasteiger partial charge in [-0.3, -0.25) is 4.79 Å². The molecule has 0 amide bonds. The molecule has 2 aromatic rings. The Morgan fingerprint density at radius 3 is 2.21 bits per heavy atom. The highest BCUT2D eigenvalue weighted by Crippen LogP contribution is 2.21. The summed E-state index contributed by atoms with van der Waals surface area (Å²) in [5.41, 5.74) is 2.50. The summed E-state index contributed by atoms with van der Waals surface area (Å²) in [6.45, 7) is 4.41. The maximum atomic E-state index is 12.7. The van der Waals surface area contributed by atoms with Gasteiger partial charge in [-0.25, -0.2) is 13.2 Å². The zero-order valence-electron chi connectivity index (χ0n) is 17.0. The molecule has 29 heavy (non-hydrogen) atoms. The number of rotatable bonds is 6. The van der Waals surface area contributed by atoms with Gasteiger partial charge >= 0.3 is 5.97 Å². The van der Waals surface area contributed by atoms with Gasteiger partial charge in [0.15, 0.2) is 6.61 Å². The van der Waals surface area contributed by atoms with Crippen LogP contribution in [0.2, 0.25) is 0 Å². The maximum absolute atomic E-state index is 12.7. The van der Waals surface area contributed by atoms with Crippen molar-refractivity contribution in [3.05, 3.63) is 52.8 Å². The summed E-state index contributed by atoms with van der Waals surface area (Å²) in [6, 6.07) is 7.43. The van der Waals surface area contributed by atoms with E-state index in [2.05, 4.69) is 0 Å². The molecule has 1 aromatic heterocycles. The average molecular weight is 419 g/mol. The molecular formula is C21H26N2O5S. The standard InChI is InChI=1S/C21H26N2O5S/c1-15-13-19(16(2)22(15)3)20(24)14-28-21(25)17-7-9-18(10-8-17)29(26,27)23-11-5-4-6-12-23/h7-10,13H,4-6,11-12,14H2,1-3H3. The van der Waals surface area contributed by atoms with Gasteiger partial charge in [0.1, 0.15) is 0 Å². The van der Waals surface area contributed by atoms with Crippen molar-refractivity contribution < 1.29 is 22.7 Å². The smallest absolute Gasteiger partial charge is 0.338 e. The van der Waals surface area contributed by atoms with Crippen LogP contribution in [0.5, 0.6) is 0 Å². The maximum Gasteiger partial charge on any atom is 0.338 e. The van der Waals surface area contributed by atoms with Gasteiger partial charge in [-0.2, -0.15) is 4.31 Å². The average Bonchev–Trinajstić information content (AvgIpc) is 3.00. The molecule has 0 N–H and O–H groups in total. The SMILES string of the molecule is Cc1cc(C(=O)COC(=O)c2ccc(S(=O)(=O)N3CCCCC3)cc2)c(C)n1C. The van der Waals surface area contributed by atoms with Crippen molar-refractivity contribution in [3.63, 3.8) is 0 Å². The number of ketones is 1. The Hall–Kier alpha value is -2.45. The number of sulfonamides is 1. The van der Waals surface area contributed by atoms with Crippen molar-refractivity contribution in [2.75, 3.05) is 19.7 Å². The van der Waals surface area contributed by atoms with Crippen LogP contribution in [0.3, 0.4) is 0 Å². The zero-order valence-corrected chi connectivity index (χ0v) is 17.8. The van der Waals surface area contributed by atoms with Crippen molar-refractivity contribution in [1.29, 1.82) is 0 Å². The number of piperidine rings is 1. The molecule has 0 unspecified atom stereocenters. The van der Waals surface area contributed by atoms with Gasteiger partial charge in [-0.05, 0) is 57.0 Å². The lowest BCUT2D eigenvalue weighted by atomic mass is 10.1. The quantitative estimate of drug-likeness (QED) is 0.532. The van der Waals surface area contributed by atoms with Crippen molar-refractivity contribution in [2.45, 2.75) is 38.0 Å². The predicted molar refractivity (Wildman–Crippen MR) is 109 cm³/mol. The summed E-state index contributed by atoms with van der Waals surface area (Å²) < 4.78 is 33.8. The van der Waals surface area contributed by atoms with Gasteiger partial charge in [-0.15, -0.1) is 0 Å². The van der Waals surface area contributed by atoms with E-state index in [0.29, 0.717) is 18.7 Å². The van der Waals surface area contributed by atoms with E-state index in [1.54, 1.807) is 6.07 Å². The van der Waals surface area contributed by atoms with E-state index < -0.39 is 16.0 Å². The second-order valence-electron chi connectivity index (χ2n) is 7.33. The second-order valence-corrected chi connectivity index (χ2v) is 9.27. The first-order valence-electron chi connectivity index (χ1n) is 9.65. The molecule has 0 spiro atoms. The minimum absolute atomic E-state index is 0.155. The van der Waals surface area contributed by atoms with Crippen LogP contribution < -0.4 is 0 Å². The monoisotopic (exact) mass is 418 g/mol. The molecule has 0 radical (unpaired) electrons. The molecule has 1 aliphatic heterocycles. The molecule has 7 nitrogen and oxygen atoms in total. The van der Waals surface area contributed by atoms with Gasteiger partial charge in [0.05, 0.1) is 10.5 Å². The third-order valence-electron chi connectivity index (χ3n) is 5.45. The van der Waals surface area contributed by atoms with Crippen molar-refractivity contribution in [2.24, 2.45) is 7.05 Å². The van der Waals surface area contributed by atoms with E-state index >= 15 is 0 Å². The fourth-order valence-corrected chi connectivity index (χ4v) is 4.96. The molecule has 0 bridgehead atoms. The third-order valence-corrected chi connectivity index (χ3v) is 7.37. The minimum Gasteiger partial charge on any atom is -0.454 e. The number of carbonyl (C=O) groups excluding carboxylic acids is 2. The number of nitrogens with zero attached hydrogens (tertiary/aromatic N) is 2. The number of aryl methyl sites for hydroxylation is 1. The predicted octanol–water partition coefficient (Wildman–Crippen LogP) is 2.86. The van der Waals surface area contributed by atoms with E-state index in [4.69, 9.17) is 4.74 Å². The van der Waals surface area contributed by atoms with Crippen LogP contribution in [0, 0.1) is 13.8 Å². The first-order valence-corrected chi connectivity index (χ1v) is 11.1. The molecule has 1 aliphatic rings. The molecule has 2 heterocycles. The van der Waals surface area contributed by atoms with Gasteiger partial charge in [0, 0.05) is 37.1 Å². The first-order chi connectivity index (χ1) is 13.7. The van der Waals surface area contributed by atoms with Crippen molar-refractivity contribution in [1.82, 2.24) is 8.87 Å². The van der Waals surface area contributed by atoms with Crippen LogP contribution in [-0.2, 0) is 21.8 Å². The van der Waals surface area contributed by atoms with Crippen molar-refractivity contribution in [3.8, 4) is 0 Å². The lowest BCUT2D eigenvalue weighted by Crippen LogP contribution is -2.35. The Morgan fingerprint density at radius 1 is 1.03 bits per heavy atom. The fraction of sp³-hybridized carbons (Fsp3) is 0.429. The largest absolute Gasteiger partial charge is 0.454 e. The van der Waals surface area contributed by atoms with E-state index in [-0.39, 0.29) is 22.8 Å². The Kier molecular flexibility index (Phi) is 6.24. The number of ether oxygens (including phenoxy) is 1. The zero-order chi connectivity index (χ0) is 21.2. The summed E-state index contributed by atoms with van der Waals surface area (Å²) >= 11 is 0. The highest BCUT2D eigenvalue weighted by molar-refractivity contribution is 7.89. The lowest BCUT2D eigenvalue weighted by Gasteiger charge is -2.25. The van der Waals surface area contributed by atoms with E-state index in [0.717, 1.165) is 30.7 Å². The lowest BCUT2D eigenvalue weighted by molar-refractivity contribution is 0.0474. The summed E-state index contributed by atoms with van der Waals surface area (Å²) in [4.78, 5) is 24.8. The molecule has 156 valence electrons. The fourth-order valence-electron chi connectivity index (χ4n) is 3.45. The topological polar surface area (TPSA) is 85.7 Å². The molecule has 1 fully saturated rings. The van der Waals surface area contributed by atoms with Gasteiger partial charge < -0.3 is 9.30 Å². The first kappa shape index (κ1) is 21.3. The summed E-state index contributed by atoms with van der Waals surface area (Å²) in [7, 11) is -1.68. The van der Waals surface area contributed by atoms with E-state index in [1.165, 1.54) is 28.6 Å². The summed E-state index contributed by atoms with van der Waals surface area (Å²) in [5, 5.41) is 0. The number of esters is 1. The molecule has 3 rings (SSSR count). The summed E-state index contributed by atoms with van der Waals surface area (Å²) in [6.07, 6.45) is 2.76. The molecule has 1 saturated heterocycles. The number of benzene rings is 1. The molecule has 0 saturated carbocycles. The van der Waals surface area contributed by atoms with Crippen LogP contribution in [-0.4, -0.2) is 48.7 Å². The van der Waals surface area contributed by atoms with Gasteiger partial charge in [0.25, 0.3) is 0 Å². The number of Topliss-reactive ketones (excluding diaryl/α,β-unsaturated/α-hetero) is 1. The normalized spacial score (nSPS) is 15.3. The number of carbonyl (C=O) groups is 2. The van der Waals surface area contributed by atoms with Crippen molar-refractivity contribution >= 4 is 21.8 Å². The van der Waals surface area contributed by atoms with E-state index in [1.807, 2.05) is 25.5 Å². The Bertz CT molecular complexity index is 1020. The highest BCUT2D eigenvalue weighted by atomic mass is 32.2. The van der Waals surface area contributed by atoms with Crippen LogP contribution in [0.4, 0.5) is 0 Å². The molecule has 1 aromatic carbocycles. The Balaban J connectivity index is 1.64. The summed E-state index contributed by atoms with van der Waals surface area (Å²) in [5.74, 6) is -0.936. The molecule has 0 atom stereocenters. The molecular weight excluding hydrogens is 392 g/mol. The number of aromatic nitrogens is 1. The third kappa shape index (κ3) is 4.43. The second kappa shape index (κ2) is 8.51. The molecule has 8 heteroatoms. The minimum atomic E-state index is -3.55. The Labute approximate surface area is 171 Å². The Morgan fingerprint density at radius 2 is 1.66 bits per heavy atom. The molecule has 0 aliphatic carbocycles. The van der Waals surface area contributed by atoms with E-state index in [9.17, 15) is 18.0 Å². The highest BCUT2D eigenvalue weighted by Gasteiger charge is 2.26. The van der Waals surface area contributed by atoms with Crippen LogP contribution in [0.1, 0.15) is 51.4 Å². The van der Waals surface area contributed by atoms with Crippen LogP contribution in [0.15, 0.2) is 35.2 Å². The van der Waals surface area contributed by atoms with Gasteiger partial charge in [-0.1, -0.05) is 6.42 Å².